The monoisotopic (exact) mass is 285 g/mol. The van der Waals surface area contributed by atoms with E-state index in [4.69, 9.17) is 0 Å². The largest absolute Gasteiger partial charge is 0.324 e. The van der Waals surface area contributed by atoms with Gasteiger partial charge in [-0.2, -0.15) is 5.10 Å². The number of carbonyl (C=O) groups excluding carboxylic acids is 1. The second-order valence-electron chi connectivity index (χ2n) is 5.05. The van der Waals surface area contributed by atoms with Gasteiger partial charge in [-0.1, -0.05) is 19.9 Å². The van der Waals surface area contributed by atoms with Crippen molar-refractivity contribution in [1.82, 2.24) is 20.1 Å². The van der Waals surface area contributed by atoms with Crippen molar-refractivity contribution in [2.24, 2.45) is 0 Å². The number of nitrogens with one attached hydrogen (secondary N) is 2. The maximum atomic E-state index is 11.9. The number of hydrogen-bond acceptors (Lipinski definition) is 4. The van der Waals surface area contributed by atoms with E-state index < -0.39 is 0 Å². The van der Waals surface area contributed by atoms with E-state index in [0.717, 1.165) is 41.4 Å². The summed E-state index contributed by atoms with van der Waals surface area (Å²) in [6.45, 7) is 4.10. The van der Waals surface area contributed by atoms with Gasteiger partial charge in [0.15, 0.2) is 5.82 Å². The summed E-state index contributed by atoms with van der Waals surface area (Å²) in [6.07, 6.45) is 1.62. The third kappa shape index (κ3) is 2.21. The Kier molecular flexibility index (Phi) is 3.47. The Morgan fingerprint density at radius 2 is 2.14 bits per heavy atom. The molecule has 2 aromatic rings. The van der Waals surface area contributed by atoms with Gasteiger partial charge in [-0.05, 0) is 19.2 Å². The lowest BCUT2D eigenvalue weighted by molar-refractivity contribution is -0.117. The fourth-order valence-electron chi connectivity index (χ4n) is 2.65. The van der Waals surface area contributed by atoms with Crippen molar-refractivity contribution < 1.29 is 4.79 Å². The highest BCUT2D eigenvalue weighted by molar-refractivity contribution is 6.02. The molecule has 0 fully saturated rings. The Labute approximate surface area is 123 Å². The van der Waals surface area contributed by atoms with E-state index >= 15 is 0 Å². The Morgan fingerprint density at radius 1 is 1.33 bits per heavy atom. The number of amides is 1. The number of nitrogens with zero attached hydrogens (tertiary/aromatic N) is 3. The van der Waals surface area contributed by atoms with Crippen molar-refractivity contribution in [2.45, 2.75) is 32.7 Å². The van der Waals surface area contributed by atoms with Gasteiger partial charge in [0, 0.05) is 24.1 Å². The fraction of sp³-hybridized carbons (Fsp3) is 0.400. The van der Waals surface area contributed by atoms with Gasteiger partial charge in [-0.15, -0.1) is 0 Å². The quantitative estimate of drug-likeness (QED) is 0.895. The van der Waals surface area contributed by atoms with Gasteiger partial charge in [0.2, 0.25) is 5.91 Å². The standard InChI is InChI=1S/C15H19N5O/c1-4-12-18-13(5-2)20(19-12)9-6-7-10-11(8-9)17-15(21)14(10)16-3/h6-8,14,16H,4-5H2,1-3H3,(H,17,21). The van der Waals surface area contributed by atoms with Gasteiger partial charge in [-0.3, -0.25) is 4.79 Å². The van der Waals surface area contributed by atoms with Gasteiger partial charge < -0.3 is 10.6 Å². The minimum atomic E-state index is -0.276. The highest BCUT2D eigenvalue weighted by Gasteiger charge is 2.29. The molecule has 0 saturated heterocycles. The van der Waals surface area contributed by atoms with Crippen LogP contribution in [0.5, 0.6) is 0 Å². The molecule has 6 nitrogen and oxygen atoms in total. The Morgan fingerprint density at radius 3 is 2.81 bits per heavy atom. The van der Waals surface area contributed by atoms with E-state index in [1.807, 2.05) is 29.8 Å². The smallest absolute Gasteiger partial charge is 0.246 e. The lowest BCUT2D eigenvalue weighted by Gasteiger charge is -2.08. The summed E-state index contributed by atoms with van der Waals surface area (Å²) in [5, 5.41) is 10.5. The molecule has 110 valence electrons. The van der Waals surface area contributed by atoms with Crippen LogP contribution in [0.15, 0.2) is 18.2 Å². The fourth-order valence-corrected chi connectivity index (χ4v) is 2.65. The van der Waals surface area contributed by atoms with Crippen LogP contribution in [0.4, 0.5) is 5.69 Å². The summed E-state index contributed by atoms with van der Waals surface area (Å²) in [5.41, 5.74) is 2.74. The van der Waals surface area contributed by atoms with Gasteiger partial charge in [-0.25, -0.2) is 9.67 Å². The van der Waals surface area contributed by atoms with E-state index in [0.29, 0.717) is 0 Å². The van der Waals surface area contributed by atoms with Gasteiger partial charge in [0.25, 0.3) is 0 Å². The molecule has 0 spiro atoms. The zero-order chi connectivity index (χ0) is 15.0. The van der Waals surface area contributed by atoms with Crippen LogP contribution < -0.4 is 10.6 Å². The number of likely N-dealkylation sites (N-methyl/N-ethyl adjacent to an activating group) is 1. The first kappa shape index (κ1) is 13.8. The molecule has 0 saturated carbocycles. The first-order valence-corrected chi connectivity index (χ1v) is 7.25. The summed E-state index contributed by atoms with van der Waals surface area (Å²) >= 11 is 0. The molecule has 0 aliphatic carbocycles. The van der Waals surface area contributed by atoms with Crippen LogP contribution >= 0.6 is 0 Å². The third-order valence-corrected chi connectivity index (χ3v) is 3.75. The minimum absolute atomic E-state index is 0.0202. The van der Waals surface area contributed by atoms with Crippen LogP contribution in [0.25, 0.3) is 5.69 Å². The molecule has 2 heterocycles. The zero-order valence-electron chi connectivity index (χ0n) is 12.5. The molecule has 2 N–H and O–H groups in total. The zero-order valence-corrected chi connectivity index (χ0v) is 12.5. The van der Waals surface area contributed by atoms with Crippen molar-refractivity contribution in [1.29, 1.82) is 0 Å². The van der Waals surface area contributed by atoms with Gasteiger partial charge in [0.05, 0.1) is 5.69 Å². The van der Waals surface area contributed by atoms with E-state index in [-0.39, 0.29) is 11.9 Å². The lowest BCUT2D eigenvalue weighted by atomic mass is 10.1. The molecule has 1 unspecified atom stereocenters. The van der Waals surface area contributed by atoms with Crippen LogP contribution in [-0.4, -0.2) is 27.7 Å². The normalized spacial score (nSPS) is 16.9. The van der Waals surface area contributed by atoms with Crippen molar-refractivity contribution >= 4 is 11.6 Å². The number of benzene rings is 1. The number of carbonyl (C=O) groups is 1. The SMILES string of the molecule is CCc1nc(CC)n(-c2ccc3c(c2)NC(=O)C3NC)n1. The summed E-state index contributed by atoms with van der Waals surface area (Å²) in [4.78, 5) is 16.4. The summed E-state index contributed by atoms with van der Waals surface area (Å²) in [7, 11) is 1.79. The van der Waals surface area contributed by atoms with E-state index in [2.05, 4.69) is 27.6 Å². The molecule has 1 atom stereocenters. The molecule has 1 aromatic heterocycles. The molecule has 21 heavy (non-hydrogen) atoms. The van der Waals surface area contributed by atoms with Crippen molar-refractivity contribution in [3.8, 4) is 5.69 Å². The average Bonchev–Trinajstić information content (AvgIpc) is 3.05. The van der Waals surface area contributed by atoms with Crippen LogP contribution in [0.2, 0.25) is 0 Å². The number of rotatable bonds is 4. The number of hydrogen-bond donors (Lipinski definition) is 2. The second-order valence-corrected chi connectivity index (χ2v) is 5.05. The highest BCUT2D eigenvalue weighted by atomic mass is 16.2. The molecule has 6 heteroatoms. The topological polar surface area (TPSA) is 71.8 Å². The first-order chi connectivity index (χ1) is 10.2. The van der Waals surface area contributed by atoms with E-state index in [9.17, 15) is 4.79 Å². The van der Waals surface area contributed by atoms with Crippen LogP contribution in [-0.2, 0) is 17.6 Å². The number of fused-ring (bicyclic) bond motifs is 1. The number of aromatic nitrogens is 3. The summed E-state index contributed by atoms with van der Waals surface area (Å²) in [6, 6.07) is 5.63. The van der Waals surface area contributed by atoms with Crippen molar-refractivity contribution in [2.75, 3.05) is 12.4 Å². The molecular weight excluding hydrogens is 266 g/mol. The van der Waals surface area contributed by atoms with Gasteiger partial charge in [0.1, 0.15) is 11.9 Å². The van der Waals surface area contributed by atoms with Crippen molar-refractivity contribution in [3.63, 3.8) is 0 Å². The minimum Gasteiger partial charge on any atom is -0.324 e. The molecular formula is C15H19N5O. The predicted molar refractivity (Wildman–Crippen MR) is 80.5 cm³/mol. The summed E-state index contributed by atoms with van der Waals surface area (Å²) in [5.74, 6) is 1.75. The van der Waals surface area contributed by atoms with E-state index in [1.54, 1.807) is 7.05 Å². The Hall–Kier alpha value is -2.21. The third-order valence-electron chi connectivity index (χ3n) is 3.75. The Bertz CT molecular complexity index is 691. The second kappa shape index (κ2) is 5.29. The predicted octanol–water partition coefficient (Wildman–Crippen LogP) is 1.60. The molecule has 1 aromatic carbocycles. The maximum absolute atomic E-state index is 11.9. The van der Waals surface area contributed by atoms with Crippen LogP contribution in [0, 0.1) is 0 Å². The molecule has 1 amide bonds. The first-order valence-electron chi connectivity index (χ1n) is 7.25. The highest BCUT2D eigenvalue weighted by Crippen LogP contribution is 2.32. The number of anilines is 1. The molecule has 1 aliphatic heterocycles. The maximum Gasteiger partial charge on any atom is 0.246 e. The lowest BCUT2D eigenvalue weighted by Crippen LogP contribution is -2.23. The van der Waals surface area contributed by atoms with Crippen LogP contribution in [0.3, 0.4) is 0 Å². The van der Waals surface area contributed by atoms with Crippen LogP contribution in [0.1, 0.15) is 37.1 Å². The summed E-state index contributed by atoms with van der Waals surface area (Å²) < 4.78 is 1.86. The molecule has 3 rings (SSSR count). The molecule has 1 aliphatic rings. The van der Waals surface area contributed by atoms with Gasteiger partial charge >= 0.3 is 0 Å². The molecule has 0 bridgehead atoms. The average molecular weight is 285 g/mol. The van der Waals surface area contributed by atoms with Crippen molar-refractivity contribution in [3.05, 3.63) is 35.4 Å². The van der Waals surface area contributed by atoms with E-state index in [1.165, 1.54) is 0 Å². The molecule has 0 radical (unpaired) electrons. The number of aryl methyl sites for hydroxylation is 2. The Balaban J connectivity index is 2.04.